The summed E-state index contributed by atoms with van der Waals surface area (Å²) in [4.78, 5) is 0.145. The van der Waals surface area contributed by atoms with Crippen LogP contribution in [0.4, 0.5) is 0 Å². The molecule has 0 aromatic heterocycles. The fourth-order valence-electron chi connectivity index (χ4n) is 2.68. The van der Waals surface area contributed by atoms with Crippen LogP contribution in [0.25, 0.3) is 0 Å². The van der Waals surface area contributed by atoms with Crippen molar-refractivity contribution in [3.05, 3.63) is 23.8 Å². The molecule has 0 radical (unpaired) electrons. The molecule has 0 spiro atoms. The summed E-state index contributed by atoms with van der Waals surface area (Å²) in [5, 5.41) is 9.21. The zero-order chi connectivity index (χ0) is 14.8. The van der Waals surface area contributed by atoms with Gasteiger partial charge in [0.2, 0.25) is 10.0 Å². The van der Waals surface area contributed by atoms with Crippen LogP contribution in [-0.2, 0) is 16.6 Å². The van der Waals surface area contributed by atoms with Gasteiger partial charge in [0, 0.05) is 12.6 Å². The smallest absolute Gasteiger partial charge is 0.247 e. The lowest BCUT2D eigenvalue weighted by molar-refractivity contribution is 0.281. The van der Waals surface area contributed by atoms with Crippen molar-refractivity contribution in [1.82, 2.24) is 4.31 Å². The number of sulfonamides is 1. The van der Waals surface area contributed by atoms with Gasteiger partial charge < -0.3 is 9.84 Å². The van der Waals surface area contributed by atoms with E-state index in [0.29, 0.717) is 17.9 Å². The number of hydrogen-bond acceptors (Lipinski definition) is 4. The molecule has 2 rings (SSSR count). The first kappa shape index (κ1) is 15.3. The van der Waals surface area contributed by atoms with Crippen molar-refractivity contribution < 1.29 is 18.3 Å². The van der Waals surface area contributed by atoms with Crippen LogP contribution in [0.1, 0.15) is 31.7 Å². The molecule has 5 nitrogen and oxygen atoms in total. The zero-order valence-corrected chi connectivity index (χ0v) is 12.7. The third-order valence-corrected chi connectivity index (χ3v) is 5.76. The van der Waals surface area contributed by atoms with E-state index in [4.69, 9.17) is 4.74 Å². The van der Waals surface area contributed by atoms with E-state index in [1.165, 1.54) is 13.2 Å². The summed E-state index contributed by atoms with van der Waals surface area (Å²) in [5.41, 5.74) is 0.566. The largest absolute Gasteiger partial charge is 0.495 e. The monoisotopic (exact) mass is 299 g/mol. The van der Waals surface area contributed by atoms with E-state index < -0.39 is 10.0 Å². The second kappa shape index (κ2) is 6.11. The maximum absolute atomic E-state index is 12.8. The summed E-state index contributed by atoms with van der Waals surface area (Å²) in [7, 11) is -2.13. The van der Waals surface area contributed by atoms with Crippen molar-refractivity contribution in [2.45, 2.75) is 43.7 Å². The highest BCUT2D eigenvalue weighted by Gasteiger charge is 2.35. The Labute approximate surface area is 120 Å². The van der Waals surface area contributed by atoms with E-state index in [1.54, 1.807) is 16.4 Å². The SMILES string of the molecule is CCC1CCCN1S(=O)(=O)c1cc(CO)ccc1OC. The van der Waals surface area contributed by atoms with Crippen molar-refractivity contribution in [2.24, 2.45) is 0 Å². The van der Waals surface area contributed by atoms with Crippen LogP contribution in [0, 0.1) is 0 Å². The Bertz CT molecular complexity index is 571. The van der Waals surface area contributed by atoms with E-state index in [2.05, 4.69) is 0 Å². The van der Waals surface area contributed by atoms with Gasteiger partial charge in [-0.1, -0.05) is 13.0 Å². The summed E-state index contributed by atoms with van der Waals surface area (Å²) < 4.78 is 32.4. The molecular formula is C14H21NO4S. The first-order valence-electron chi connectivity index (χ1n) is 6.84. The van der Waals surface area contributed by atoms with Gasteiger partial charge in [-0.25, -0.2) is 8.42 Å². The predicted molar refractivity (Wildman–Crippen MR) is 76.1 cm³/mol. The number of nitrogens with zero attached hydrogens (tertiary/aromatic N) is 1. The minimum absolute atomic E-state index is 0.0579. The molecule has 1 aromatic rings. The van der Waals surface area contributed by atoms with Crippen molar-refractivity contribution in [3.63, 3.8) is 0 Å². The topological polar surface area (TPSA) is 66.8 Å². The third-order valence-electron chi connectivity index (χ3n) is 3.79. The summed E-state index contributed by atoms with van der Waals surface area (Å²) in [6.45, 7) is 2.36. The second-order valence-electron chi connectivity index (χ2n) is 4.96. The second-order valence-corrected chi connectivity index (χ2v) is 6.82. The van der Waals surface area contributed by atoms with E-state index in [1.807, 2.05) is 6.92 Å². The molecule has 1 aliphatic heterocycles. The quantitative estimate of drug-likeness (QED) is 0.899. The molecule has 1 aliphatic rings. The number of benzene rings is 1. The molecule has 0 saturated carbocycles. The molecule has 0 amide bonds. The van der Waals surface area contributed by atoms with E-state index in [9.17, 15) is 13.5 Å². The van der Waals surface area contributed by atoms with Crippen molar-refractivity contribution in [3.8, 4) is 5.75 Å². The Morgan fingerprint density at radius 2 is 2.20 bits per heavy atom. The average molecular weight is 299 g/mol. The van der Waals surface area contributed by atoms with E-state index in [0.717, 1.165) is 19.3 Å². The highest BCUT2D eigenvalue weighted by atomic mass is 32.2. The Hall–Kier alpha value is -1.11. The number of aliphatic hydroxyl groups excluding tert-OH is 1. The third kappa shape index (κ3) is 2.68. The Morgan fingerprint density at radius 1 is 1.45 bits per heavy atom. The minimum Gasteiger partial charge on any atom is -0.495 e. The number of aliphatic hydroxyl groups is 1. The van der Waals surface area contributed by atoms with Gasteiger partial charge in [-0.3, -0.25) is 0 Å². The Balaban J connectivity index is 2.47. The molecule has 1 unspecified atom stereocenters. The van der Waals surface area contributed by atoms with Crippen LogP contribution in [0.2, 0.25) is 0 Å². The van der Waals surface area contributed by atoms with Crippen LogP contribution in [0.3, 0.4) is 0 Å². The Morgan fingerprint density at radius 3 is 2.80 bits per heavy atom. The van der Waals surface area contributed by atoms with Crippen LogP contribution in [-0.4, -0.2) is 37.5 Å². The van der Waals surface area contributed by atoms with Gasteiger partial charge in [0.1, 0.15) is 10.6 Å². The van der Waals surface area contributed by atoms with Crippen molar-refractivity contribution in [1.29, 1.82) is 0 Å². The summed E-state index contributed by atoms with van der Waals surface area (Å²) in [6.07, 6.45) is 2.60. The first-order chi connectivity index (χ1) is 9.54. The molecule has 1 aromatic carbocycles. The van der Waals surface area contributed by atoms with Crippen molar-refractivity contribution in [2.75, 3.05) is 13.7 Å². The van der Waals surface area contributed by atoms with Gasteiger partial charge in [0.25, 0.3) is 0 Å². The molecule has 6 heteroatoms. The van der Waals surface area contributed by atoms with Crippen LogP contribution in [0.5, 0.6) is 5.75 Å². The maximum Gasteiger partial charge on any atom is 0.247 e. The molecule has 1 fully saturated rings. The normalized spacial score (nSPS) is 20.2. The number of methoxy groups -OCH3 is 1. The van der Waals surface area contributed by atoms with Gasteiger partial charge in [0.15, 0.2) is 0 Å². The van der Waals surface area contributed by atoms with Crippen LogP contribution < -0.4 is 4.74 Å². The van der Waals surface area contributed by atoms with Gasteiger partial charge in [-0.15, -0.1) is 0 Å². The standard InChI is InChI=1S/C14H21NO4S/c1-3-12-5-4-8-15(12)20(17,18)14-9-11(10-16)6-7-13(14)19-2/h6-7,9,12,16H,3-5,8,10H2,1-2H3. The summed E-state index contributed by atoms with van der Waals surface area (Å²) >= 11 is 0. The summed E-state index contributed by atoms with van der Waals surface area (Å²) in [5.74, 6) is 0.323. The van der Waals surface area contributed by atoms with Gasteiger partial charge in [-0.05, 0) is 37.0 Å². The molecule has 1 heterocycles. The molecule has 0 aliphatic carbocycles. The first-order valence-corrected chi connectivity index (χ1v) is 8.28. The number of ether oxygens (including phenoxy) is 1. The Kier molecular flexibility index (Phi) is 4.67. The van der Waals surface area contributed by atoms with Crippen LogP contribution in [0.15, 0.2) is 23.1 Å². The molecule has 20 heavy (non-hydrogen) atoms. The number of rotatable bonds is 5. The zero-order valence-electron chi connectivity index (χ0n) is 11.9. The molecule has 1 saturated heterocycles. The lowest BCUT2D eigenvalue weighted by Crippen LogP contribution is -2.35. The molecule has 0 bridgehead atoms. The van der Waals surface area contributed by atoms with E-state index >= 15 is 0 Å². The lowest BCUT2D eigenvalue weighted by atomic mass is 10.2. The minimum atomic E-state index is -3.58. The fourth-order valence-corrected chi connectivity index (χ4v) is 4.66. The summed E-state index contributed by atoms with van der Waals surface area (Å²) in [6, 6.07) is 4.82. The molecule has 112 valence electrons. The molecular weight excluding hydrogens is 278 g/mol. The molecule has 1 N–H and O–H groups in total. The van der Waals surface area contributed by atoms with E-state index in [-0.39, 0.29) is 17.5 Å². The maximum atomic E-state index is 12.8. The average Bonchev–Trinajstić information content (AvgIpc) is 2.95. The van der Waals surface area contributed by atoms with Gasteiger partial charge in [0.05, 0.1) is 13.7 Å². The van der Waals surface area contributed by atoms with Gasteiger partial charge in [-0.2, -0.15) is 4.31 Å². The number of hydrogen-bond donors (Lipinski definition) is 1. The molecule has 1 atom stereocenters. The predicted octanol–water partition coefficient (Wildman–Crippen LogP) is 1.75. The van der Waals surface area contributed by atoms with Crippen LogP contribution >= 0.6 is 0 Å². The van der Waals surface area contributed by atoms with Crippen molar-refractivity contribution >= 4 is 10.0 Å². The lowest BCUT2D eigenvalue weighted by Gasteiger charge is -2.24. The van der Waals surface area contributed by atoms with Gasteiger partial charge >= 0.3 is 0 Å². The fraction of sp³-hybridized carbons (Fsp3) is 0.571. The highest BCUT2D eigenvalue weighted by Crippen LogP contribution is 2.33. The highest BCUT2D eigenvalue weighted by molar-refractivity contribution is 7.89.